The van der Waals surface area contributed by atoms with Crippen LogP contribution in [-0.4, -0.2) is 51.9 Å². The van der Waals surface area contributed by atoms with Crippen LogP contribution in [-0.2, 0) is 24.3 Å². The third kappa shape index (κ3) is 2.84. The minimum Gasteiger partial charge on any atom is -0.469 e. The van der Waals surface area contributed by atoms with E-state index in [1.54, 1.807) is 29.2 Å². The van der Waals surface area contributed by atoms with Gasteiger partial charge >= 0.3 is 5.97 Å². The molecule has 27 heavy (non-hydrogen) atoms. The maximum Gasteiger partial charge on any atom is 0.308 e. The van der Waals surface area contributed by atoms with Crippen molar-refractivity contribution in [1.82, 2.24) is 4.90 Å². The Bertz CT molecular complexity index is 1020. The first kappa shape index (κ1) is 17.8. The number of ether oxygens (including phenoxy) is 1. The number of esters is 1. The van der Waals surface area contributed by atoms with E-state index in [1.807, 2.05) is 12.1 Å². The molecule has 0 atom stereocenters. The number of sulfonamides is 1. The number of hydrogen-bond acceptors (Lipinski definition) is 5. The number of hydrogen-bond donors (Lipinski definition) is 0. The molecule has 0 saturated carbocycles. The van der Waals surface area contributed by atoms with Crippen LogP contribution in [0.5, 0.6) is 0 Å². The summed E-state index contributed by atoms with van der Waals surface area (Å²) in [7, 11) is -2.39. The lowest BCUT2D eigenvalue weighted by atomic mass is 9.97. The Morgan fingerprint density at radius 3 is 2.44 bits per heavy atom. The molecule has 2 aromatic carbocycles. The number of carbonyl (C=O) groups excluding carboxylic acids is 2. The molecule has 0 unspecified atom stereocenters. The fourth-order valence-corrected chi connectivity index (χ4v) is 5.54. The average molecular weight is 388 g/mol. The van der Waals surface area contributed by atoms with E-state index in [4.69, 9.17) is 4.74 Å². The number of carbonyl (C=O) groups is 2. The molecule has 142 valence electrons. The highest BCUT2D eigenvalue weighted by atomic mass is 32.2. The molecule has 1 saturated heterocycles. The van der Waals surface area contributed by atoms with Crippen LogP contribution in [0.2, 0.25) is 0 Å². The Kier molecular flexibility index (Phi) is 4.30. The number of methoxy groups -OCH3 is 1. The Labute approximate surface area is 157 Å². The zero-order chi connectivity index (χ0) is 19.2. The highest BCUT2D eigenvalue weighted by Crippen LogP contribution is 2.41. The third-order valence-corrected chi connectivity index (χ3v) is 7.14. The van der Waals surface area contributed by atoms with Crippen molar-refractivity contribution in [2.45, 2.75) is 17.7 Å². The smallest absolute Gasteiger partial charge is 0.308 e. The summed E-state index contributed by atoms with van der Waals surface area (Å²) < 4.78 is 31.9. The normalized spacial score (nSPS) is 18.7. The molecule has 2 aromatic rings. The number of benzene rings is 2. The molecule has 0 aromatic heterocycles. The molecule has 0 spiro atoms. The number of likely N-dealkylation sites (tertiary alicyclic amines) is 1. The zero-order valence-corrected chi connectivity index (χ0v) is 15.7. The van der Waals surface area contributed by atoms with Gasteiger partial charge < -0.3 is 9.64 Å². The molecule has 8 heteroatoms. The number of nitrogens with zero attached hydrogens (tertiary/aromatic N) is 2. The van der Waals surface area contributed by atoms with Gasteiger partial charge in [-0.2, -0.15) is 0 Å². The van der Waals surface area contributed by atoms with Gasteiger partial charge in [-0.05, 0) is 30.4 Å². The number of piperidine rings is 1. The number of anilines is 1. The topological polar surface area (TPSA) is 84.0 Å². The minimum absolute atomic E-state index is 0.201. The SMILES string of the molecule is COC(=O)C1CCN(C(=O)CN2c3cccc4cccc(c34)S2(=O)=O)CC1. The fraction of sp³-hybridized carbons (Fsp3) is 0.368. The molecular formula is C19H20N2O5S. The van der Waals surface area contributed by atoms with E-state index in [2.05, 4.69) is 0 Å². The largest absolute Gasteiger partial charge is 0.469 e. The molecule has 0 radical (unpaired) electrons. The first-order valence-corrected chi connectivity index (χ1v) is 10.3. The minimum atomic E-state index is -3.75. The van der Waals surface area contributed by atoms with E-state index in [0.29, 0.717) is 37.0 Å². The van der Waals surface area contributed by atoms with Crippen LogP contribution in [0, 0.1) is 5.92 Å². The van der Waals surface area contributed by atoms with Gasteiger partial charge in [-0.1, -0.05) is 24.3 Å². The highest BCUT2D eigenvalue weighted by Gasteiger charge is 2.38. The summed E-state index contributed by atoms with van der Waals surface area (Å²) in [5.41, 5.74) is 0.542. The van der Waals surface area contributed by atoms with Gasteiger partial charge in [0, 0.05) is 18.5 Å². The van der Waals surface area contributed by atoms with Crippen molar-refractivity contribution in [3.8, 4) is 0 Å². The summed E-state index contributed by atoms with van der Waals surface area (Å²) in [6.45, 7) is 0.603. The summed E-state index contributed by atoms with van der Waals surface area (Å²) in [5, 5.41) is 1.50. The van der Waals surface area contributed by atoms with Crippen molar-refractivity contribution >= 4 is 38.4 Å². The summed E-state index contributed by atoms with van der Waals surface area (Å²) in [4.78, 5) is 26.3. The molecular weight excluding hydrogens is 368 g/mol. The standard InChI is InChI=1S/C19H20N2O5S/c1-26-19(23)14-8-10-20(11-9-14)17(22)12-21-15-6-2-4-13-5-3-7-16(18(13)15)27(21,24)25/h2-7,14H,8-12H2,1H3. The van der Waals surface area contributed by atoms with E-state index in [-0.39, 0.29) is 29.2 Å². The molecule has 0 aliphatic carbocycles. The second-order valence-corrected chi connectivity index (χ2v) is 8.65. The van der Waals surface area contributed by atoms with Crippen LogP contribution in [0.15, 0.2) is 41.3 Å². The quantitative estimate of drug-likeness (QED) is 0.748. The van der Waals surface area contributed by atoms with Crippen LogP contribution in [0.3, 0.4) is 0 Å². The molecule has 4 rings (SSSR count). The van der Waals surface area contributed by atoms with Gasteiger partial charge in [0.15, 0.2) is 0 Å². The Morgan fingerprint density at radius 1 is 1.11 bits per heavy atom. The lowest BCUT2D eigenvalue weighted by Gasteiger charge is -2.32. The highest BCUT2D eigenvalue weighted by molar-refractivity contribution is 7.93. The van der Waals surface area contributed by atoms with Gasteiger partial charge in [0.25, 0.3) is 10.0 Å². The summed E-state index contributed by atoms with van der Waals surface area (Å²) >= 11 is 0. The molecule has 1 fully saturated rings. The van der Waals surface area contributed by atoms with Crippen molar-refractivity contribution in [2.24, 2.45) is 5.92 Å². The zero-order valence-electron chi connectivity index (χ0n) is 14.9. The van der Waals surface area contributed by atoms with Crippen LogP contribution in [0.1, 0.15) is 12.8 Å². The maximum atomic E-state index is 13.0. The van der Waals surface area contributed by atoms with E-state index < -0.39 is 10.0 Å². The molecule has 1 amide bonds. The van der Waals surface area contributed by atoms with Gasteiger partial charge in [-0.3, -0.25) is 13.9 Å². The Morgan fingerprint density at radius 2 is 1.78 bits per heavy atom. The molecule has 0 bridgehead atoms. The fourth-order valence-electron chi connectivity index (χ4n) is 3.88. The van der Waals surface area contributed by atoms with Crippen LogP contribution in [0.4, 0.5) is 5.69 Å². The second-order valence-electron chi connectivity index (χ2n) is 6.82. The Hall–Kier alpha value is -2.61. The van der Waals surface area contributed by atoms with Crippen molar-refractivity contribution in [3.05, 3.63) is 36.4 Å². The van der Waals surface area contributed by atoms with E-state index in [9.17, 15) is 18.0 Å². The lowest BCUT2D eigenvalue weighted by Crippen LogP contribution is -2.46. The van der Waals surface area contributed by atoms with Crippen LogP contribution >= 0.6 is 0 Å². The molecule has 2 aliphatic rings. The molecule has 2 heterocycles. The molecule has 2 aliphatic heterocycles. The van der Waals surface area contributed by atoms with Crippen LogP contribution in [0.25, 0.3) is 10.8 Å². The predicted octanol–water partition coefficient (Wildman–Crippen LogP) is 1.76. The predicted molar refractivity (Wildman–Crippen MR) is 99.8 cm³/mol. The van der Waals surface area contributed by atoms with Gasteiger partial charge in [0.1, 0.15) is 6.54 Å². The first-order valence-electron chi connectivity index (χ1n) is 8.83. The summed E-state index contributed by atoms with van der Waals surface area (Å²) in [6, 6.07) is 10.5. The van der Waals surface area contributed by atoms with Crippen LogP contribution < -0.4 is 4.31 Å². The van der Waals surface area contributed by atoms with Crippen molar-refractivity contribution < 1.29 is 22.7 Å². The third-order valence-electron chi connectivity index (χ3n) is 5.34. The monoisotopic (exact) mass is 388 g/mol. The Balaban J connectivity index is 1.55. The number of rotatable bonds is 3. The van der Waals surface area contributed by atoms with Crippen molar-refractivity contribution in [1.29, 1.82) is 0 Å². The van der Waals surface area contributed by atoms with Gasteiger partial charge in [-0.25, -0.2) is 8.42 Å². The van der Waals surface area contributed by atoms with Crippen molar-refractivity contribution in [2.75, 3.05) is 31.0 Å². The maximum absolute atomic E-state index is 13.0. The van der Waals surface area contributed by atoms with E-state index in [0.717, 1.165) is 5.39 Å². The first-order chi connectivity index (χ1) is 12.9. The van der Waals surface area contributed by atoms with E-state index >= 15 is 0 Å². The summed E-state index contributed by atoms with van der Waals surface area (Å²) in [5.74, 6) is -0.717. The second kappa shape index (κ2) is 6.53. The lowest BCUT2D eigenvalue weighted by molar-refractivity contribution is -0.148. The van der Waals surface area contributed by atoms with Gasteiger partial charge in [-0.15, -0.1) is 0 Å². The van der Waals surface area contributed by atoms with Gasteiger partial charge in [0.05, 0.1) is 23.6 Å². The summed E-state index contributed by atoms with van der Waals surface area (Å²) in [6.07, 6.45) is 1.06. The average Bonchev–Trinajstić information content (AvgIpc) is 2.91. The van der Waals surface area contributed by atoms with E-state index in [1.165, 1.54) is 11.4 Å². The molecule has 0 N–H and O–H groups in total. The molecule has 7 nitrogen and oxygen atoms in total. The van der Waals surface area contributed by atoms with Gasteiger partial charge in [0.2, 0.25) is 5.91 Å². The van der Waals surface area contributed by atoms with Crippen molar-refractivity contribution in [3.63, 3.8) is 0 Å². The number of amides is 1.